The van der Waals surface area contributed by atoms with E-state index in [1.165, 1.54) is 12.1 Å². The molecule has 0 saturated carbocycles. The Morgan fingerprint density at radius 1 is 0.692 bits per heavy atom. The highest BCUT2D eigenvalue weighted by molar-refractivity contribution is 5.95. The van der Waals surface area contributed by atoms with Crippen LogP contribution in [0.2, 0.25) is 0 Å². The molecule has 5 aromatic rings. The number of benzene rings is 3. The number of carboxylic acids is 1. The number of nitrogens with zero attached hydrogens (tertiary/aromatic N) is 1. The zero-order valence-corrected chi connectivity index (χ0v) is 28.3. The summed E-state index contributed by atoms with van der Waals surface area (Å²) in [6, 6.07) is 16.5. The van der Waals surface area contributed by atoms with Crippen molar-refractivity contribution in [2.24, 2.45) is 22.2 Å². The number of aliphatic imine (C=N–C) groups is 1. The number of amides is 3. The van der Waals surface area contributed by atoms with Crippen molar-refractivity contribution in [2.45, 2.75) is 56.3 Å². The Bertz CT molecular complexity index is 2050. The van der Waals surface area contributed by atoms with E-state index < -0.39 is 47.9 Å². The van der Waals surface area contributed by atoms with E-state index in [0.29, 0.717) is 11.1 Å². The number of aromatic amines is 2. The average Bonchev–Trinajstić information content (AvgIpc) is 3.73. The van der Waals surface area contributed by atoms with E-state index in [2.05, 4.69) is 30.9 Å². The zero-order chi connectivity index (χ0) is 37.2. The van der Waals surface area contributed by atoms with Crippen molar-refractivity contribution in [3.8, 4) is 5.75 Å². The van der Waals surface area contributed by atoms with Gasteiger partial charge in [-0.2, -0.15) is 0 Å². The molecule has 5 rings (SSSR count). The molecule has 3 aromatic carbocycles. The molecule has 0 radical (unpaired) electrons. The molecule has 4 unspecified atom stereocenters. The maximum atomic E-state index is 14.2. The topological polar surface area (TPSA) is 267 Å². The van der Waals surface area contributed by atoms with Gasteiger partial charge in [-0.25, -0.2) is 4.79 Å². The van der Waals surface area contributed by atoms with Gasteiger partial charge in [-0.05, 0) is 60.2 Å². The Morgan fingerprint density at radius 2 is 1.19 bits per heavy atom. The Hall–Kier alpha value is -6.35. The van der Waals surface area contributed by atoms with Gasteiger partial charge in [0.1, 0.15) is 23.9 Å². The van der Waals surface area contributed by atoms with Gasteiger partial charge in [0.15, 0.2) is 5.96 Å². The van der Waals surface area contributed by atoms with Gasteiger partial charge in [-0.3, -0.25) is 19.4 Å². The molecular formula is C37H43N9O6. The van der Waals surface area contributed by atoms with E-state index in [9.17, 15) is 29.4 Å². The minimum Gasteiger partial charge on any atom is -0.508 e. The number of phenolic OH excluding ortho intramolecular Hbond substituents is 1. The molecule has 0 fully saturated rings. The molecule has 2 aromatic heterocycles. The number of carbonyl (C=O) groups excluding carboxylic acids is 3. The first kappa shape index (κ1) is 36.9. The van der Waals surface area contributed by atoms with Crippen LogP contribution in [0.4, 0.5) is 0 Å². The van der Waals surface area contributed by atoms with Crippen molar-refractivity contribution in [1.82, 2.24) is 25.9 Å². The number of aliphatic carboxylic acids is 1. The number of aromatic hydroxyl groups is 1. The first-order chi connectivity index (χ1) is 25.0. The number of nitrogens with one attached hydrogen (secondary N) is 5. The third kappa shape index (κ3) is 9.66. The number of aromatic nitrogens is 2. The van der Waals surface area contributed by atoms with Crippen LogP contribution in [0.25, 0.3) is 21.8 Å². The fourth-order valence-electron chi connectivity index (χ4n) is 6.02. The van der Waals surface area contributed by atoms with Crippen LogP contribution in [-0.4, -0.2) is 80.5 Å². The van der Waals surface area contributed by atoms with Gasteiger partial charge < -0.3 is 53.3 Å². The third-order valence-electron chi connectivity index (χ3n) is 8.75. The van der Waals surface area contributed by atoms with Crippen LogP contribution in [0, 0.1) is 0 Å². The van der Waals surface area contributed by atoms with Crippen molar-refractivity contribution >= 4 is 51.5 Å². The van der Waals surface area contributed by atoms with Gasteiger partial charge in [-0.15, -0.1) is 0 Å². The van der Waals surface area contributed by atoms with E-state index in [1.807, 2.05) is 48.5 Å². The maximum Gasteiger partial charge on any atom is 0.326 e. The number of carboxylic acid groups (broad SMARTS) is 1. The molecule has 2 heterocycles. The van der Waals surface area contributed by atoms with Crippen molar-refractivity contribution in [3.63, 3.8) is 0 Å². The zero-order valence-electron chi connectivity index (χ0n) is 28.3. The van der Waals surface area contributed by atoms with Gasteiger partial charge in [0.2, 0.25) is 17.7 Å². The van der Waals surface area contributed by atoms with E-state index in [4.69, 9.17) is 17.2 Å². The summed E-state index contributed by atoms with van der Waals surface area (Å²) in [4.78, 5) is 63.9. The summed E-state index contributed by atoms with van der Waals surface area (Å²) in [7, 11) is 0. The molecule has 0 aliphatic carbocycles. The standard InChI is InChI=1S/C37H43N9O6/c38-27(16-21-11-13-24(47)14-12-21)33(48)45-31(17-22-19-42-28-8-3-1-6-25(22)28)35(50)46-32(18-23-20-43-29-9-4-2-7-26(23)29)34(49)44-30(36(51)52)10-5-15-41-37(39)40/h1-4,6-9,11-14,19-20,27,30-32,42-43,47H,5,10,15-18,38H2,(H,44,49)(H,45,48)(H,46,50)(H,51,52)(H4,39,40,41). The number of para-hydroxylation sites is 2. The second-order valence-corrected chi connectivity index (χ2v) is 12.6. The van der Waals surface area contributed by atoms with Crippen LogP contribution < -0.4 is 33.2 Å². The molecule has 0 bridgehead atoms. The van der Waals surface area contributed by atoms with Crippen LogP contribution in [0.1, 0.15) is 29.5 Å². The summed E-state index contributed by atoms with van der Waals surface area (Å²) in [6.07, 6.45) is 3.99. The van der Waals surface area contributed by atoms with Gasteiger partial charge in [0.05, 0.1) is 6.04 Å². The normalized spacial score (nSPS) is 13.5. The van der Waals surface area contributed by atoms with Gasteiger partial charge in [0, 0.05) is 53.6 Å². The minimum absolute atomic E-state index is 0.00996. The molecule has 3 amide bonds. The lowest BCUT2D eigenvalue weighted by Crippen LogP contribution is -2.58. The predicted octanol–water partition coefficient (Wildman–Crippen LogP) is 1.30. The molecule has 272 valence electrons. The SMILES string of the molecule is NC(N)=NCCCC(NC(=O)C(Cc1c[nH]c2ccccc12)NC(=O)C(Cc1c[nH]c2ccccc12)NC(=O)C(N)Cc1ccc(O)cc1)C(=O)O. The van der Waals surface area contributed by atoms with Crippen LogP contribution in [0.15, 0.2) is 90.2 Å². The number of phenols is 1. The van der Waals surface area contributed by atoms with E-state index in [1.54, 1.807) is 24.5 Å². The monoisotopic (exact) mass is 709 g/mol. The van der Waals surface area contributed by atoms with E-state index in [0.717, 1.165) is 27.4 Å². The highest BCUT2D eigenvalue weighted by Crippen LogP contribution is 2.21. The van der Waals surface area contributed by atoms with Crippen LogP contribution in [0.5, 0.6) is 5.75 Å². The van der Waals surface area contributed by atoms with Crippen molar-refractivity contribution < 1.29 is 29.4 Å². The molecule has 15 heteroatoms. The van der Waals surface area contributed by atoms with E-state index >= 15 is 0 Å². The first-order valence-corrected chi connectivity index (χ1v) is 16.8. The summed E-state index contributed by atoms with van der Waals surface area (Å²) in [5.74, 6) is -3.32. The second-order valence-electron chi connectivity index (χ2n) is 12.6. The lowest BCUT2D eigenvalue weighted by Gasteiger charge is -2.25. The Labute approximate surface area is 299 Å². The van der Waals surface area contributed by atoms with Crippen LogP contribution in [-0.2, 0) is 38.4 Å². The van der Waals surface area contributed by atoms with Crippen LogP contribution in [0.3, 0.4) is 0 Å². The van der Waals surface area contributed by atoms with Gasteiger partial charge >= 0.3 is 5.97 Å². The maximum absolute atomic E-state index is 14.2. The highest BCUT2D eigenvalue weighted by atomic mass is 16.4. The number of carbonyl (C=O) groups is 4. The summed E-state index contributed by atoms with van der Waals surface area (Å²) in [6.45, 7) is 0.168. The molecule has 13 N–H and O–H groups in total. The fourth-order valence-corrected chi connectivity index (χ4v) is 6.02. The number of nitrogens with two attached hydrogens (primary N) is 3. The Kier molecular flexibility index (Phi) is 12.1. The highest BCUT2D eigenvalue weighted by Gasteiger charge is 2.31. The second kappa shape index (κ2) is 17.0. The summed E-state index contributed by atoms with van der Waals surface area (Å²) >= 11 is 0. The smallest absolute Gasteiger partial charge is 0.326 e. The quantitative estimate of drug-likeness (QED) is 0.0378. The molecule has 15 nitrogen and oxygen atoms in total. The number of fused-ring (bicyclic) bond motifs is 2. The summed E-state index contributed by atoms with van der Waals surface area (Å²) < 4.78 is 0. The lowest BCUT2D eigenvalue weighted by molar-refractivity contribution is -0.142. The number of guanidine groups is 1. The number of hydrogen-bond acceptors (Lipinski definition) is 7. The lowest BCUT2D eigenvalue weighted by atomic mass is 10.0. The largest absolute Gasteiger partial charge is 0.508 e. The molecule has 0 aliphatic heterocycles. The summed E-state index contributed by atoms with van der Waals surface area (Å²) in [5, 5.41) is 29.4. The fraction of sp³-hybridized carbons (Fsp3) is 0.270. The first-order valence-electron chi connectivity index (χ1n) is 16.8. The Morgan fingerprint density at radius 3 is 1.71 bits per heavy atom. The molecule has 0 aliphatic rings. The molecular weight excluding hydrogens is 666 g/mol. The van der Waals surface area contributed by atoms with Crippen molar-refractivity contribution in [1.29, 1.82) is 0 Å². The van der Waals surface area contributed by atoms with Crippen molar-refractivity contribution in [2.75, 3.05) is 6.54 Å². The van der Waals surface area contributed by atoms with E-state index in [-0.39, 0.29) is 50.4 Å². The number of hydrogen-bond donors (Lipinski definition) is 10. The van der Waals surface area contributed by atoms with Crippen LogP contribution >= 0.6 is 0 Å². The molecule has 52 heavy (non-hydrogen) atoms. The van der Waals surface area contributed by atoms with Gasteiger partial charge in [-0.1, -0.05) is 48.5 Å². The number of rotatable bonds is 17. The Balaban J connectivity index is 1.40. The third-order valence-corrected chi connectivity index (χ3v) is 8.75. The molecule has 0 saturated heterocycles. The summed E-state index contributed by atoms with van der Waals surface area (Å²) in [5.41, 5.74) is 20.9. The average molecular weight is 710 g/mol. The predicted molar refractivity (Wildman–Crippen MR) is 197 cm³/mol. The van der Waals surface area contributed by atoms with Gasteiger partial charge in [0.25, 0.3) is 0 Å². The minimum atomic E-state index is -1.29. The number of H-pyrrole nitrogens is 2. The molecule has 0 spiro atoms. The molecule has 4 atom stereocenters. The van der Waals surface area contributed by atoms with Crippen molar-refractivity contribution in [3.05, 3.63) is 102 Å².